The zero-order valence-electron chi connectivity index (χ0n) is 29.9. The largest absolute Gasteiger partial charge is 0.0629 e. The Balaban J connectivity index is 1.38. The van der Waals surface area contributed by atoms with Gasteiger partial charge in [-0.05, 0) is 93.7 Å². The molecule has 0 saturated heterocycles. The summed E-state index contributed by atoms with van der Waals surface area (Å²) in [4.78, 5) is 0. The van der Waals surface area contributed by atoms with Gasteiger partial charge in [0.1, 0.15) is 0 Å². The molecule has 46 heavy (non-hydrogen) atoms. The molecule has 0 radical (unpaired) electrons. The van der Waals surface area contributed by atoms with Crippen molar-refractivity contribution < 1.29 is 6.85 Å². The molecule has 0 saturated carbocycles. The fourth-order valence-corrected chi connectivity index (χ4v) is 7.13. The molecule has 0 heterocycles. The van der Waals surface area contributed by atoms with Crippen LogP contribution >= 0.6 is 0 Å². The Bertz CT molecular complexity index is 2750. The quantitative estimate of drug-likeness (QED) is 0.142. The van der Waals surface area contributed by atoms with Crippen molar-refractivity contribution in [3.63, 3.8) is 0 Å². The molecular weight excluding hydrogens is 553 g/mol. The van der Waals surface area contributed by atoms with E-state index in [1.165, 1.54) is 21.9 Å². The summed E-state index contributed by atoms with van der Waals surface area (Å²) in [6.45, 7) is 0. The second kappa shape index (κ2) is 10.9. The SMILES string of the molecule is [2H]c1c([2H])c([2H])c(-c2c3ccccc3c(-c3cc4ccccc4c4c(-c5ccc(-c6ccccc6)cc5)cccc34)c3ccccc23)c([2H])c1[2H]. The highest BCUT2D eigenvalue weighted by atomic mass is 14.2. The molecule has 9 aromatic rings. The molecule has 9 rings (SSSR count). The lowest BCUT2D eigenvalue weighted by Gasteiger charge is -2.20. The predicted molar refractivity (Wildman–Crippen MR) is 198 cm³/mol. The number of rotatable bonds is 4. The maximum absolute atomic E-state index is 8.93. The van der Waals surface area contributed by atoms with Gasteiger partial charge >= 0.3 is 0 Å². The summed E-state index contributed by atoms with van der Waals surface area (Å²) in [5.41, 5.74) is 7.61. The van der Waals surface area contributed by atoms with Crippen LogP contribution in [0.2, 0.25) is 0 Å². The van der Waals surface area contributed by atoms with Crippen LogP contribution in [0.4, 0.5) is 0 Å². The number of hydrogen-bond donors (Lipinski definition) is 0. The lowest BCUT2D eigenvalue weighted by atomic mass is 9.83. The molecule has 0 fully saturated rings. The van der Waals surface area contributed by atoms with Gasteiger partial charge in [-0.2, -0.15) is 0 Å². The Morgan fingerprint density at radius 1 is 0.326 bits per heavy atom. The number of hydrogen-bond acceptors (Lipinski definition) is 0. The molecule has 0 aliphatic carbocycles. The minimum atomic E-state index is -0.396. The van der Waals surface area contributed by atoms with Crippen LogP contribution < -0.4 is 0 Å². The van der Waals surface area contributed by atoms with Crippen LogP contribution in [0.25, 0.3) is 87.6 Å². The molecule has 0 heteroatoms. The van der Waals surface area contributed by atoms with Crippen LogP contribution in [0.15, 0.2) is 182 Å². The van der Waals surface area contributed by atoms with E-state index in [9.17, 15) is 0 Å². The molecule has 0 unspecified atom stereocenters. The van der Waals surface area contributed by atoms with Gasteiger partial charge in [0.25, 0.3) is 0 Å². The molecule has 214 valence electrons. The van der Waals surface area contributed by atoms with E-state index in [-0.39, 0.29) is 29.7 Å². The van der Waals surface area contributed by atoms with Crippen molar-refractivity contribution in [1.29, 1.82) is 0 Å². The maximum atomic E-state index is 8.93. The van der Waals surface area contributed by atoms with E-state index in [0.717, 1.165) is 54.6 Å². The summed E-state index contributed by atoms with van der Waals surface area (Å²) in [5, 5.41) is 8.14. The van der Waals surface area contributed by atoms with Crippen LogP contribution in [0.5, 0.6) is 0 Å². The van der Waals surface area contributed by atoms with Crippen molar-refractivity contribution in [3.05, 3.63) is 182 Å². The smallest absolute Gasteiger partial charge is 0.0622 e. The van der Waals surface area contributed by atoms with Crippen molar-refractivity contribution in [2.75, 3.05) is 0 Å². The van der Waals surface area contributed by atoms with E-state index in [0.29, 0.717) is 5.56 Å². The Labute approximate surface area is 275 Å². The van der Waals surface area contributed by atoms with E-state index in [2.05, 4.69) is 109 Å². The first-order chi connectivity index (χ1) is 24.9. The highest BCUT2D eigenvalue weighted by molar-refractivity contribution is 6.27. The summed E-state index contributed by atoms with van der Waals surface area (Å²) < 4.78 is 43.1. The monoisotopic (exact) mass is 587 g/mol. The van der Waals surface area contributed by atoms with Crippen LogP contribution in [0, 0.1) is 0 Å². The Hall–Kier alpha value is -5.98. The van der Waals surface area contributed by atoms with E-state index in [1.54, 1.807) is 0 Å². The van der Waals surface area contributed by atoms with Gasteiger partial charge in [-0.25, -0.2) is 0 Å². The molecule has 0 aliphatic heterocycles. The molecule has 9 aromatic carbocycles. The zero-order valence-corrected chi connectivity index (χ0v) is 24.9. The molecule has 0 spiro atoms. The van der Waals surface area contributed by atoms with Crippen LogP contribution in [0.1, 0.15) is 6.85 Å². The lowest BCUT2D eigenvalue weighted by molar-refractivity contribution is 1.61. The highest BCUT2D eigenvalue weighted by Crippen LogP contribution is 2.47. The Morgan fingerprint density at radius 2 is 0.848 bits per heavy atom. The van der Waals surface area contributed by atoms with E-state index >= 15 is 0 Å². The number of fused-ring (bicyclic) bond motifs is 5. The van der Waals surface area contributed by atoms with Crippen molar-refractivity contribution in [1.82, 2.24) is 0 Å². The maximum Gasteiger partial charge on any atom is 0.0629 e. The van der Waals surface area contributed by atoms with Gasteiger partial charge < -0.3 is 0 Å². The fourth-order valence-electron chi connectivity index (χ4n) is 7.13. The Kier molecular flexibility index (Phi) is 5.12. The first-order valence-electron chi connectivity index (χ1n) is 18.0. The summed E-state index contributed by atoms with van der Waals surface area (Å²) in [5.74, 6) is 0. The Morgan fingerprint density at radius 3 is 1.52 bits per heavy atom. The second-order valence-corrected chi connectivity index (χ2v) is 11.7. The van der Waals surface area contributed by atoms with E-state index < -0.39 is 6.04 Å². The lowest BCUT2D eigenvalue weighted by Crippen LogP contribution is -1.93. The van der Waals surface area contributed by atoms with Crippen molar-refractivity contribution in [3.8, 4) is 44.5 Å². The van der Waals surface area contributed by atoms with Gasteiger partial charge in [0.15, 0.2) is 0 Å². The van der Waals surface area contributed by atoms with Crippen LogP contribution in [0.3, 0.4) is 0 Å². The van der Waals surface area contributed by atoms with Crippen LogP contribution in [-0.4, -0.2) is 0 Å². The predicted octanol–water partition coefficient (Wildman–Crippen LogP) is 13.0. The summed E-state index contributed by atoms with van der Waals surface area (Å²) in [6.07, 6.45) is 0. The minimum Gasteiger partial charge on any atom is -0.0622 e. The molecular formula is C46H30. The molecule has 0 bridgehead atoms. The third-order valence-electron chi connectivity index (χ3n) is 9.14. The van der Waals surface area contributed by atoms with Gasteiger partial charge in [-0.1, -0.05) is 176 Å². The molecule has 0 aromatic heterocycles. The van der Waals surface area contributed by atoms with Gasteiger partial charge in [-0.3, -0.25) is 0 Å². The standard InChI is InChI=1S/C46H30/c1-3-14-31(15-4-1)32-26-28-33(29-27-32)36-24-13-25-42-43(30-35-18-7-8-19-37(35)45(36)42)46-40-22-11-9-20-38(40)44(34-16-5-2-6-17-34)39-21-10-12-23-41(39)46/h1-30H/i2D,5D,6D,16D,17D. The third kappa shape index (κ3) is 4.23. The first kappa shape index (κ1) is 21.7. The van der Waals surface area contributed by atoms with Gasteiger partial charge in [0.2, 0.25) is 0 Å². The summed E-state index contributed by atoms with van der Waals surface area (Å²) >= 11 is 0. The highest BCUT2D eigenvalue weighted by Gasteiger charge is 2.20. The molecule has 0 atom stereocenters. The molecule has 0 amide bonds. The number of benzene rings is 9. The zero-order chi connectivity index (χ0) is 34.8. The summed E-state index contributed by atoms with van der Waals surface area (Å²) in [6, 6.07) is 51.2. The van der Waals surface area contributed by atoms with Gasteiger partial charge in [-0.15, -0.1) is 0 Å². The molecule has 0 N–H and O–H groups in total. The molecule has 0 nitrogen and oxygen atoms in total. The second-order valence-electron chi connectivity index (χ2n) is 11.7. The van der Waals surface area contributed by atoms with Crippen molar-refractivity contribution in [2.24, 2.45) is 0 Å². The average Bonchev–Trinajstić information content (AvgIpc) is 3.19. The first-order valence-corrected chi connectivity index (χ1v) is 15.5. The third-order valence-corrected chi connectivity index (χ3v) is 9.14. The van der Waals surface area contributed by atoms with E-state index in [1.807, 2.05) is 42.5 Å². The van der Waals surface area contributed by atoms with Gasteiger partial charge in [0.05, 0.1) is 6.85 Å². The molecule has 0 aliphatic rings. The summed E-state index contributed by atoms with van der Waals surface area (Å²) in [7, 11) is 0. The fraction of sp³-hybridized carbons (Fsp3) is 0. The normalized spacial score (nSPS) is 13.0. The van der Waals surface area contributed by atoms with Crippen LogP contribution in [-0.2, 0) is 0 Å². The van der Waals surface area contributed by atoms with Gasteiger partial charge in [0, 0.05) is 0 Å². The van der Waals surface area contributed by atoms with Crippen molar-refractivity contribution in [2.45, 2.75) is 0 Å². The van der Waals surface area contributed by atoms with E-state index in [4.69, 9.17) is 6.85 Å². The van der Waals surface area contributed by atoms with Crippen molar-refractivity contribution >= 4 is 43.1 Å². The topological polar surface area (TPSA) is 0 Å². The average molecular weight is 588 g/mol. The minimum absolute atomic E-state index is 0.205.